The van der Waals surface area contributed by atoms with Crippen LogP contribution in [-0.2, 0) is 4.79 Å². The van der Waals surface area contributed by atoms with E-state index in [4.69, 9.17) is 9.47 Å². The first-order valence-electron chi connectivity index (χ1n) is 4.15. The predicted molar refractivity (Wildman–Crippen MR) is 54.6 cm³/mol. The second kappa shape index (κ2) is 5.07. The van der Waals surface area contributed by atoms with Gasteiger partial charge in [0, 0.05) is 5.56 Å². The van der Waals surface area contributed by atoms with Gasteiger partial charge in [-0.15, -0.1) is 0 Å². The summed E-state index contributed by atoms with van der Waals surface area (Å²) in [6.07, 6.45) is 3.81. The topological polar surface area (TPSA) is 35.5 Å². The molecule has 0 aliphatic rings. The van der Waals surface area contributed by atoms with E-state index >= 15 is 0 Å². The largest absolute Gasteiger partial charge is 0.497 e. The minimum atomic E-state index is 0.712. The maximum Gasteiger partial charge on any atom is 0.142 e. The van der Waals surface area contributed by atoms with Crippen molar-refractivity contribution in [3.05, 3.63) is 29.8 Å². The molecule has 0 fully saturated rings. The SMILES string of the molecule is COc1ccc(OC)c(C=CC=O)c1. The molecule has 14 heavy (non-hydrogen) atoms. The van der Waals surface area contributed by atoms with Crippen LogP contribution < -0.4 is 9.47 Å². The summed E-state index contributed by atoms with van der Waals surface area (Å²) in [7, 11) is 3.18. The van der Waals surface area contributed by atoms with Crippen molar-refractivity contribution >= 4 is 12.4 Å². The van der Waals surface area contributed by atoms with Gasteiger partial charge >= 0.3 is 0 Å². The smallest absolute Gasteiger partial charge is 0.142 e. The number of ether oxygens (including phenoxy) is 2. The second-order valence-electron chi connectivity index (χ2n) is 2.60. The van der Waals surface area contributed by atoms with Crippen molar-refractivity contribution < 1.29 is 14.3 Å². The predicted octanol–water partition coefficient (Wildman–Crippen LogP) is 1.92. The molecule has 3 nitrogen and oxygen atoms in total. The number of hydrogen-bond donors (Lipinski definition) is 0. The van der Waals surface area contributed by atoms with Crippen molar-refractivity contribution in [1.29, 1.82) is 0 Å². The van der Waals surface area contributed by atoms with Crippen molar-refractivity contribution in [3.63, 3.8) is 0 Å². The number of rotatable bonds is 4. The fraction of sp³-hybridized carbons (Fsp3) is 0.182. The van der Waals surface area contributed by atoms with Gasteiger partial charge in [-0.3, -0.25) is 4.79 Å². The third-order valence-electron chi connectivity index (χ3n) is 1.79. The van der Waals surface area contributed by atoms with E-state index in [0.29, 0.717) is 5.75 Å². The van der Waals surface area contributed by atoms with E-state index < -0.39 is 0 Å². The molecule has 74 valence electrons. The molecule has 0 spiro atoms. The molecule has 3 heteroatoms. The first-order chi connectivity index (χ1) is 6.81. The van der Waals surface area contributed by atoms with E-state index in [9.17, 15) is 4.79 Å². The molecule has 1 aromatic carbocycles. The molecule has 0 saturated heterocycles. The van der Waals surface area contributed by atoms with Gasteiger partial charge in [0.05, 0.1) is 14.2 Å². The van der Waals surface area contributed by atoms with Gasteiger partial charge < -0.3 is 9.47 Å². The Hall–Kier alpha value is -1.77. The lowest BCUT2D eigenvalue weighted by molar-refractivity contribution is -0.104. The maximum absolute atomic E-state index is 10.2. The lowest BCUT2D eigenvalue weighted by Crippen LogP contribution is -1.89. The molecule has 0 N–H and O–H groups in total. The number of carbonyl (C=O) groups is 1. The molecule has 0 bridgehead atoms. The highest BCUT2D eigenvalue weighted by atomic mass is 16.5. The lowest BCUT2D eigenvalue weighted by Gasteiger charge is -2.06. The molecular weight excluding hydrogens is 180 g/mol. The molecule has 0 radical (unpaired) electrons. The fourth-order valence-electron chi connectivity index (χ4n) is 1.11. The number of benzene rings is 1. The van der Waals surface area contributed by atoms with E-state index in [2.05, 4.69) is 0 Å². The Bertz CT molecular complexity index is 342. The molecule has 1 rings (SSSR count). The molecule has 1 aromatic rings. The molecular formula is C11H12O3. The van der Waals surface area contributed by atoms with Crippen LogP contribution in [0.3, 0.4) is 0 Å². The summed E-state index contributed by atoms with van der Waals surface area (Å²) < 4.78 is 10.2. The molecule has 0 aliphatic heterocycles. The average molecular weight is 192 g/mol. The van der Waals surface area contributed by atoms with E-state index in [1.54, 1.807) is 38.5 Å². The monoisotopic (exact) mass is 192 g/mol. The standard InChI is InChI=1S/C11H12O3/c1-13-10-5-6-11(14-2)9(8-10)4-3-7-12/h3-8H,1-2H3. The Labute approximate surface area is 83.0 Å². The van der Waals surface area contributed by atoms with Gasteiger partial charge in [0.25, 0.3) is 0 Å². The summed E-state index contributed by atoms with van der Waals surface area (Å²) >= 11 is 0. The Kier molecular flexibility index (Phi) is 3.73. The van der Waals surface area contributed by atoms with Gasteiger partial charge in [0.15, 0.2) is 0 Å². The van der Waals surface area contributed by atoms with Crippen molar-refractivity contribution in [2.45, 2.75) is 0 Å². The van der Waals surface area contributed by atoms with Crippen LogP contribution >= 0.6 is 0 Å². The highest BCUT2D eigenvalue weighted by molar-refractivity contribution is 5.75. The average Bonchev–Trinajstić information content (AvgIpc) is 2.25. The van der Waals surface area contributed by atoms with E-state index in [0.717, 1.165) is 17.6 Å². The van der Waals surface area contributed by atoms with Gasteiger partial charge in [-0.05, 0) is 30.4 Å². The van der Waals surface area contributed by atoms with Crippen LogP contribution in [-0.4, -0.2) is 20.5 Å². The lowest BCUT2D eigenvalue weighted by atomic mass is 10.2. The van der Waals surface area contributed by atoms with Crippen molar-refractivity contribution in [2.75, 3.05) is 14.2 Å². The minimum Gasteiger partial charge on any atom is -0.497 e. The number of methoxy groups -OCH3 is 2. The summed E-state index contributed by atoms with van der Waals surface area (Å²) in [5.41, 5.74) is 0.818. The van der Waals surface area contributed by atoms with E-state index in [1.165, 1.54) is 6.08 Å². The van der Waals surface area contributed by atoms with Gasteiger partial charge in [-0.1, -0.05) is 0 Å². The van der Waals surface area contributed by atoms with Crippen LogP contribution in [0.15, 0.2) is 24.3 Å². The molecule has 0 aliphatic carbocycles. The van der Waals surface area contributed by atoms with Gasteiger partial charge in [-0.25, -0.2) is 0 Å². The zero-order chi connectivity index (χ0) is 10.4. The summed E-state index contributed by atoms with van der Waals surface area (Å²) in [5, 5.41) is 0. The third-order valence-corrected chi connectivity index (χ3v) is 1.79. The van der Waals surface area contributed by atoms with Crippen molar-refractivity contribution in [1.82, 2.24) is 0 Å². The first-order valence-corrected chi connectivity index (χ1v) is 4.15. The maximum atomic E-state index is 10.2. The second-order valence-corrected chi connectivity index (χ2v) is 2.60. The van der Waals surface area contributed by atoms with Crippen LogP contribution in [0.1, 0.15) is 5.56 Å². The summed E-state index contributed by atoms with van der Waals surface area (Å²) in [5.74, 6) is 1.44. The van der Waals surface area contributed by atoms with Crippen LogP contribution in [0.4, 0.5) is 0 Å². The molecule has 0 amide bonds. The number of carbonyl (C=O) groups excluding carboxylic acids is 1. The Morgan fingerprint density at radius 3 is 2.57 bits per heavy atom. The summed E-state index contributed by atoms with van der Waals surface area (Å²) in [6, 6.07) is 5.40. The Balaban J connectivity index is 3.07. The Morgan fingerprint density at radius 2 is 2.00 bits per heavy atom. The molecule has 0 atom stereocenters. The number of allylic oxidation sites excluding steroid dienone is 1. The highest BCUT2D eigenvalue weighted by Crippen LogP contribution is 2.24. The quantitative estimate of drug-likeness (QED) is 0.540. The summed E-state index contributed by atoms with van der Waals surface area (Å²) in [6.45, 7) is 0. The fourth-order valence-corrected chi connectivity index (χ4v) is 1.11. The van der Waals surface area contributed by atoms with Gasteiger partial charge in [0.2, 0.25) is 0 Å². The molecule has 0 heterocycles. The minimum absolute atomic E-state index is 0.712. The number of aldehydes is 1. The van der Waals surface area contributed by atoms with Crippen LogP contribution in [0.2, 0.25) is 0 Å². The van der Waals surface area contributed by atoms with Crippen LogP contribution in [0, 0.1) is 0 Å². The van der Waals surface area contributed by atoms with Crippen molar-refractivity contribution in [2.24, 2.45) is 0 Å². The van der Waals surface area contributed by atoms with E-state index in [-0.39, 0.29) is 0 Å². The van der Waals surface area contributed by atoms with Gasteiger partial charge in [-0.2, -0.15) is 0 Å². The van der Waals surface area contributed by atoms with Gasteiger partial charge in [0.1, 0.15) is 17.8 Å². The highest BCUT2D eigenvalue weighted by Gasteiger charge is 2.00. The third kappa shape index (κ3) is 2.36. The first kappa shape index (κ1) is 10.3. The molecule has 0 saturated carbocycles. The molecule has 0 unspecified atom stereocenters. The van der Waals surface area contributed by atoms with Crippen LogP contribution in [0.5, 0.6) is 11.5 Å². The van der Waals surface area contributed by atoms with Crippen molar-refractivity contribution in [3.8, 4) is 11.5 Å². The zero-order valence-electron chi connectivity index (χ0n) is 8.19. The normalized spacial score (nSPS) is 10.1. The molecule has 0 aromatic heterocycles. The van der Waals surface area contributed by atoms with E-state index in [1.807, 2.05) is 0 Å². The number of hydrogen-bond acceptors (Lipinski definition) is 3. The van der Waals surface area contributed by atoms with Crippen LogP contribution in [0.25, 0.3) is 6.08 Å². The Morgan fingerprint density at radius 1 is 1.21 bits per heavy atom. The summed E-state index contributed by atoms with van der Waals surface area (Å²) in [4.78, 5) is 10.2. The zero-order valence-corrected chi connectivity index (χ0v) is 8.19.